The first-order valence-electron chi connectivity index (χ1n) is 5.57. The van der Waals surface area contributed by atoms with Crippen molar-refractivity contribution in [2.75, 3.05) is 0 Å². The van der Waals surface area contributed by atoms with Crippen LogP contribution in [0.25, 0.3) is 16.9 Å². The van der Waals surface area contributed by atoms with Gasteiger partial charge in [0.1, 0.15) is 17.3 Å². The van der Waals surface area contributed by atoms with Crippen molar-refractivity contribution >= 4 is 29.0 Å². The zero-order valence-corrected chi connectivity index (χ0v) is 11.4. The monoisotopic (exact) mass is 312 g/mol. The van der Waals surface area contributed by atoms with Crippen LogP contribution in [0, 0.1) is 5.82 Å². The smallest absolute Gasteiger partial charge is 0.253 e. The predicted octanol–water partition coefficient (Wildman–Crippen LogP) is 2.73. The third kappa shape index (κ3) is 1.93. The van der Waals surface area contributed by atoms with E-state index in [1.807, 2.05) is 0 Å². The van der Waals surface area contributed by atoms with E-state index in [0.29, 0.717) is 0 Å². The number of fused-ring (bicyclic) bond motifs is 1. The second-order valence-electron chi connectivity index (χ2n) is 3.95. The first-order valence-corrected chi connectivity index (χ1v) is 6.32. The SMILES string of the molecule is OCc1c(-c2c(F)cccc2Cl)c(Cl)nc2ncnn12. The van der Waals surface area contributed by atoms with E-state index >= 15 is 0 Å². The van der Waals surface area contributed by atoms with E-state index in [9.17, 15) is 9.50 Å². The highest BCUT2D eigenvalue weighted by atomic mass is 35.5. The van der Waals surface area contributed by atoms with Gasteiger partial charge in [0.2, 0.25) is 0 Å². The lowest BCUT2D eigenvalue weighted by atomic mass is 10.0. The maximum atomic E-state index is 14.1. The molecule has 0 unspecified atom stereocenters. The third-order valence-electron chi connectivity index (χ3n) is 2.84. The molecule has 0 fully saturated rings. The number of rotatable bonds is 2. The van der Waals surface area contributed by atoms with Gasteiger partial charge in [0.25, 0.3) is 5.78 Å². The molecule has 0 saturated carbocycles. The second-order valence-corrected chi connectivity index (χ2v) is 4.72. The Balaban J connectivity index is 2.44. The van der Waals surface area contributed by atoms with Crippen molar-refractivity contribution in [3.63, 3.8) is 0 Å². The highest BCUT2D eigenvalue weighted by molar-refractivity contribution is 6.36. The number of hydrogen-bond acceptors (Lipinski definition) is 4. The van der Waals surface area contributed by atoms with Crippen LogP contribution in [0.1, 0.15) is 5.69 Å². The Labute approximate surface area is 122 Å². The number of aliphatic hydroxyl groups excluding tert-OH is 1. The Morgan fingerprint density at radius 3 is 2.75 bits per heavy atom. The van der Waals surface area contributed by atoms with Gasteiger partial charge in [-0.25, -0.2) is 4.39 Å². The Morgan fingerprint density at radius 2 is 2.05 bits per heavy atom. The van der Waals surface area contributed by atoms with E-state index in [0.717, 1.165) is 0 Å². The molecule has 0 aliphatic rings. The fourth-order valence-electron chi connectivity index (χ4n) is 2.00. The van der Waals surface area contributed by atoms with Gasteiger partial charge >= 0.3 is 0 Å². The largest absolute Gasteiger partial charge is 0.390 e. The molecular weight excluding hydrogens is 306 g/mol. The molecule has 2 aromatic heterocycles. The van der Waals surface area contributed by atoms with Gasteiger partial charge in [-0.05, 0) is 12.1 Å². The summed E-state index contributed by atoms with van der Waals surface area (Å²) in [5, 5.41) is 13.7. The molecular formula is C12H7Cl2FN4O. The molecule has 0 aliphatic carbocycles. The Bertz CT molecular complexity index is 785. The van der Waals surface area contributed by atoms with Gasteiger partial charge in [0.15, 0.2) is 0 Å². The summed E-state index contributed by atoms with van der Waals surface area (Å²) in [5.41, 5.74) is 0.549. The number of halogens is 3. The van der Waals surface area contributed by atoms with Gasteiger partial charge in [-0.3, -0.25) is 0 Å². The summed E-state index contributed by atoms with van der Waals surface area (Å²) in [6.07, 6.45) is 1.27. The lowest BCUT2D eigenvalue weighted by Crippen LogP contribution is -2.06. The maximum absolute atomic E-state index is 14.1. The van der Waals surface area contributed by atoms with E-state index in [-0.39, 0.29) is 32.8 Å². The minimum atomic E-state index is -0.560. The van der Waals surface area contributed by atoms with Gasteiger partial charge in [-0.2, -0.15) is 19.6 Å². The second kappa shape index (κ2) is 4.97. The number of hydrogen-bond donors (Lipinski definition) is 1. The molecule has 0 radical (unpaired) electrons. The number of nitrogens with zero attached hydrogens (tertiary/aromatic N) is 4. The minimum Gasteiger partial charge on any atom is -0.390 e. The molecule has 3 rings (SSSR count). The van der Waals surface area contributed by atoms with Gasteiger partial charge in [0, 0.05) is 11.1 Å². The average Bonchev–Trinajstić information content (AvgIpc) is 2.86. The lowest BCUT2D eigenvalue weighted by molar-refractivity contribution is 0.274. The molecule has 0 spiro atoms. The molecule has 0 atom stereocenters. The van der Waals surface area contributed by atoms with E-state index in [1.165, 1.54) is 29.0 Å². The molecule has 8 heteroatoms. The van der Waals surface area contributed by atoms with Crippen molar-refractivity contribution in [1.29, 1.82) is 0 Å². The first kappa shape index (κ1) is 13.2. The summed E-state index contributed by atoms with van der Waals surface area (Å²) in [6, 6.07) is 4.27. The van der Waals surface area contributed by atoms with Crippen LogP contribution in [0.2, 0.25) is 10.2 Å². The molecule has 102 valence electrons. The topological polar surface area (TPSA) is 63.3 Å². The molecule has 3 aromatic rings. The summed E-state index contributed by atoms with van der Waals surface area (Å²) in [6.45, 7) is -0.415. The quantitative estimate of drug-likeness (QED) is 0.739. The van der Waals surface area contributed by atoms with Crippen LogP contribution in [0.5, 0.6) is 0 Å². The van der Waals surface area contributed by atoms with Gasteiger partial charge in [0.05, 0.1) is 17.3 Å². The third-order valence-corrected chi connectivity index (χ3v) is 3.43. The van der Waals surface area contributed by atoms with E-state index in [4.69, 9.17) is 23.2 Å². The van der Waals surface area contributed by atoms with Crippen molar-refractivity contribution in [3.8, 4) is 11.1 Å². The Kier molecular flexibility index (Phi) is 3.29. The number of benzene rings is 1. The minimum absolute atomic E-state index is 0.00144. The molecule has 5 nitrogen and oxygen atoms in total. The molecule has 1 aromatic carbocycles. The summed E-state index contributed by atoms with van der Waals surface area (Å²) in [7, 11) is 0. The van der Waals surface area contributed by atoms with Crippen LogP contribution in [0.4, 0.5) is 4.39 Å². The average molecular weight is 313 g/mol. The van der Waals surface area contributed by atoms with E-state index in [1.54, 1.807) is 0 Å². The van der Waals surface area contributed by atoms with Gasteiger partial charge in [-0.15, -0.1) is 0 Å². The predicted molar refractivity (Wildman–Crippen MR) is 72.1 cm³/mol. The highest BCUT2D eigenvalue weighted by Crippen LogP contribution is 2.37. The first-order chi connectivity index (χ1) is 9.63. The summed E-state index contributed by atoms with van der Waals surface area (Å²) in [5.74, 6) is -0.342. The van der Waals surface area contributed by atoms with Crippen LogP contribution in [-0.4, -0.2) is 24.7 Å². The molecule has 0 bridgehead atoms. The molecule has 0 aliphatic heterocycles. The zero-order chi connectivity index (χ0) is 14.3. The highest BCUT2D eigenvalue weighted by Gasteiger charge is 2.21. The summed E-state index contributed by atoms with van der Waals surface area (Å²) in [4.78, 5) is 7.91. The fraction of sp³-hybridized carbons (Fsp3) is 0.0833. The van der Waals surface area contributed by atoms with Crippen LogP contribution in [-0.2, 0) is 6.61 Å². The molecule has 2 heterocycles. The van der Waals surface area contributed by atoms with Crippen molar-refractivity contribution in [1.82, 2.24) is 19.6 Å². The van der Waals surface area contributed by atoms with Crippen LogP contribution < -0.4 is 0 Å². The molecule has 1 N–H and O–H groups in total. The van der Waals surface area contributed by atoms with Crippen molar-refractivity contribution < 1.29 is 9.50 Å². The van der Waals surface area contributed by atoms with Crippen molar-refractivity contribution in [2.24, 2.45) is 0 Å². The van der Waals surface area contributed by atoms with Gasteiger partial charge in [-0.1, -0.05) is 29.3 Å². The van der Waals surface area contributed by atoms with Crippen molar-refractivity contribution in [2.45, 2.75) is 6.61 Å². The fourth-order valence-corrected chi connectivity index (χ4v) is 2.54. The van der Waals surface area contributed by atoms with Crippen LogP contribution in [0.3, 0.4) is 0 Å². The summed E-state index contributed by atoms with van der Waals surface area (Å²) < 4.78 is 15.4. The summed E-state index contributed by atoms with van der Waals surface area (Å²) >= 11 is 12.1. The van der Waals surface area contributed by atoms with Gasteiger partial charge < -0.3 is 5.11 Å². The Morgan fingerprint density at radius 1 is 1.25 bits per heavy atom. The van der Waals surface area contributed by atoms with Crippen LogP contribution in [0.15, 0.2) is 24.5 Å². The molecule has 20 heavy (non-hydrogen) atoms. The molecule has 0 saturated heterocycles. The van der Waals surface area contributed by atoms with E-state index in [2.05, 4.69) is 15.1 Å². The molecule has 0 amide bonds. The number of aromatic nitrogens is 4. The lowest BCUT2D eigenvalue weighted by Gasteiger charge is -2.12. The normalized spacial score (nSPS) is 11.2. The van der Waals surface area contributed by atoms with E-state index < -0.39 is 12.4 Å². The maximum Gasteiger partial charge on any atom is 0.253 e. The standard InChI is InChI=1S/C12H7Cl2FN4O/c13-6-2-1-3-7(15)9(6)10-8(4-20)19-12(16-5-17-19)18-11(10)14/h1-3,5,20H,4H2. The van der Waals surface area contributed by atoms with Crippen molar-refractivity contribution in [3.05, 3.63) is 46.2 Å². The zero-order valence-electron chi connectivity index (χ0n) is 9.89. The number of aliphatic hydroxyl groups is 1. The Hall–Kier alpha value is -1.76. The van der Waals surface area contributed by atoms with Crippen LogP contribution >= 0.6 is 23.2 Å².